The number of carbonyl (C=O) groups excluding carboxylic acids is 6. The Morgan fingerprint density at radius 1 is 0.491 bits per heavy atom. The molecule has 4 aliphatic rings. The van der Waals surface area contributed by atoms with Gasteiger partial charge in [0.15, 0.2) is 0 Å². The van der Waals surface area contributed by atoms with Gasteiger partial charge in [0.05, 0.1) is 6.07 Å². The van der Waals surface area contributed by atoms with Crippen LogP contribution in [0.25, 0.3) is 0 Å². The van der Waals surface area contributed by atoms with Crippen LogP contribution in [0.3, 0.4) is 0 Å². The number of carbonyl (C=O) groups is 6. The third-order valence-corrected chi connectivity index (χ3v) is 9.75. The Hall–Kier alpha value is -3.57. The first-order valence-corrected chi connectivity index (χ1v) is 22.0. The number of nitriles is 1. The van der Waals surface area contributed by atoms with E-state index in [0.29, 0.717) is 63.3 Å². The van der Waals surface area contributed by atoms with Gasteiger partial charge < -0.3 is 40.1 Å². The molecule has 14 N–H and O–H groups in total. The molecule has 0 radical (unpaired) electrons. The summed E-state index contributed by atoms with van der Waals surface area (Å²) in [5, 5.41) is 8.07. The van der Waals surface area contributed by atoms with Gasteiger partial charge in [-0.1, -0.05) is 89.9 Å². The molecule has 0 aromatic rings. The van der Waals surface area contributed by atoms with Crippen LogP contribution in [0.1, 0.15) is 212 Å². The van der Waals surface area contributed by atoms with Crippen molar-refractivity contribution in [2.75, 3.05) is 6.54 Å². The zero-order valence-electron chi connectivity index (χ0n) is 35.6. The molecule has 14 nitrogen and oxygen atoms in total. The van der Waals surface area contributed by atoms with Crippen molar-refractivity contribution in [3.05, 3.63) is 0 Å². The summed E-state index contributed by atoms with van der Waals surface area (Å²) in [6, 6.07) is 2.54. The third kappa shape index (κ3) is 54.6. The van der Waals surface area contributed by atoms with E-state index < -0.39 is 0 Å². The number of amides is 5. The van der Waals surface area contributed by atoms with Crippen LogP contribution in [-0.4, -0.2) is 47.9 Å². The molecule has 4 rings (SSSR count). The summed E-state index contributed by atoms with van der Waals surface area (Å²) >= 11 is 0. The average Bonchev–Trinajstić information content (AvgIpc) is 3.73. The van der Waals surface area contributed by atoms with E-state index in [0.717, 1.165) is 70.6 Å². The first kappa shape index (κ1) is 57.8. The van der Waals surface area contributed by atoms with E-state index in [1.807, 2.05) is 6.07 Å². The number of Topliss-reactive ketones (excluding diaryl/α,β-unsaturated/α-hetero) is 1. The van der Waals surface area contributed by atoms with E-state index >= 15 is 0 Å². The number of ketones is 1. The summed E-state index contributed by atoms with van der Waals surface area (Å²) in [5.41, 5.74) is 35.3. The van der Waals surface area contributed by atoms with Gasteiger partial charge in [-0.2, -0.15) is 5.26 Å². The van der Waals surface area contributed by atoms with Gasteiger partial charge in [-0.15, -0.1) is 0 Å². The van der Waals surface area contributed by atoms with Crippen molar-refractivity contribution in [3.8, 4) is 6.07 Å². The van der Waals surface area contributed by atoms with Crippen LogP contribution in [0.2, 0.25) is 0 Å². The minimum Gasteiger partial charge on any atom is -0.370 e. The molecule has 0 spiro atoms. The number of hydrogen-bond donors (Lipinski definition) is 7. The van der Waals surface area contributed by atoms with E-state index in [9.17, 15) is 28.8 Å². The van der Waals surface area contributed by atoms with Crippen LogP contribution >= 0.6 is 0 Å². The molecule has 14 heteroatoms. The average molecular weight is 809 g/mol. The molecule has 4 aliphatic carbocycles. The van der Waals surface area contributed by atoms with E-state index in [4.69, 9.17) is 45.4 Å². The molecule has 0 bridgehead atoms. The van der Waals surface area contributed by atoms with Crippen LogP contribution in [0.5, 0.6) is 0 Å². The van der Waals surface area contributed by atoms with Crippen molar-refractivity contribution in [2.24, 2.45) is 46.1 Å². The molecule has 5 amide bonds. The molecule has 0 aromatic heterocycles. The smallest absolute Gasteiger partial charge is 0.220 e. The molecule has 4 saturated carbocycles. The number of rotatable bonds is 15. The maximum atomic E-state index is 10.7. The van der Waals surface area contributed by atoms with Crippen LogP contribution in [0, 0.1) is 17.2 Å². The molecule has 0 aromatic carbocycles. The Kier molecular flexibility index (Phi) is 45.7. The summed E-state index contributed by atoms with van der Waals surface area (Å²) in [4.78, 5) is 61.7. The van der Waals surface area contributed by atoms with Crippen LogP contribution in [-0.2, 0) is 28.8 Å². The fraction of sp³-hybridized carbons (Fsp3) is 0.837. The van der Waals surface area contributed by atoms with Crippen molar-refractivity contribution in [3.63, 3.8) is 0 Å². The standard InChI is InChI=1S/C7H12O.C7H14.C6H12N2O2.C6H14N2O.C6H10N2O.C6H11NO.C5H11N/c8-7-5-3-1-2-4-6-7;1-2-4-6-7-5-3-1;7-5(9)3-1-2-4-6(8)10;2*7-5-3-1-2-4-6(8)9;7-6(8)5-3-1-2-4-5;6-5-3-1-2-4-5/h1-6H2;1-7H2;1-4H2,(H2,7,9)(H2,8,10);1-5,7H2,(H2,8,9);1-4H2,(H2,8,9);5H,1-4H2,(H2,7,8);5H,1-4,6H2. The van der Waals surface area contributed by atoms with Crippen LogP contribution < -0.4 is 40.1 Å². The lowest BCUT2D eigenvalue weighted by molar-refractivity contribution is -0.122. The summed E-state index contributed by atoms with van der Waals surface area (Å²) in [7, 11) is 0. The highest BCUT2D eigenvalue weighted by molar-refractivity contribution is 5.78. The van der Waals surface area contributed by atoms with E-state index in [1.165, 1.54) is 96.3 Å². The molecular weight excluding hydrogens is 725 g/mol. The lowest BCUT2D eigenvalue weighted by atomic mass is 10.1. The Labute approximate surface area is 345 Å². The van der Waals surface area contributed by atoms with Crippen molar-refractivity contribution in [1.82, 2.24) is 0 Å². The molecule has 0 heterocycles. The predicted octanol–water partition coefficient (Wildman–Crippen LogP) is 6.25. The summed E-state index contributed by atoms with van der Waals surface area (Å²) in [6.45, 7) is 0.707. The molecule has 0 saturated heterocycles. The summed E-state index contributed by atoms with van der Waals surface area (Å²) < 4.78 is 0. The topological polar surface area (TPSA) is 308 Å². The normalized spacial score (nSPS) is 16.3. The molecule has 0 unspecified atom stereocenters. The summed E-state index contributed by atoms with van der Waals surface area (Å²) in [5.74, 6) is -0.589. The maximum absolute atomic E-state index is 10.7. The van der Waals surface area contributed by atoms with Gasteiger partial charge in [0, 0.05) is 56.9 Å². The van der Waals surface area contributed by atoms with E-state index in [-0.39, 0.29) is 35.5 Å². The van der Waals surface area contributed by atoms with Crippen molar-refractivity contribution < 1.29 is 28.8 Å². The van der Waals surface area contributed by atoms with Crippen LogP contribution in [0.15, 0.2) is 0 Å². The summed E-state index contributed by atoms with van der Waals surface area (Å²) in [6.07, 6.45) is 34.5. The zero-order valence-corrected chi connectivity index (χ0v) is 35.6. The number of nitrogens with zero attached hydrogens (tertiary/aromatic N) is 1. The third-order valence-electron chi connectivity index (χ3n) is 9.75. The Bertz CT molecular complexity index is 1010. The lowest BCUT2D eigenvalue weighted by Gasteiger charge is -1.98. The van der Waals surface area contributed by atoms with Gasteiger partial charge in [-0.3, -0.25) is 28.8 Å². The van der Waals surface area contributed by atoms with Gasteiger partial charge >= 0.3 is 0 Å². The molecular formula is C43H84N8O6. The first-order chi connectivity index (χ1) is 27.3. The highest BCUT2D eigenvalue weighted by Crippen LogP contribution is 2.23. The van der Waals surface area contributed by atoms with Gasteiger partial charge in [0.25, 0.3) is 0 Å². The van der Waals surface area contributed by atoms with Crippen molar-refractivity contribution in [2.45, 2.75) is 218 Å². The molecule has 0 aliphatic heterocycles. The number of unbranched alkanes of at least 4 members (excludes halogenated alkanes) is 5. The molecule has 332 valence electrons. The number of nitrogens with two attached hydrogens (primary N) is 7. The molecule has 4 fully saturated rings. The Morgan fingerprint density at radius 2 is 0.825 bits per heavy atom. The largest absolute Gasteiger partial charge is 0.370 e. The fourth-order valence-corrected chi connectivity index (χ4v) is 6.25. The Balaban J connectivity index is -0.000000599. The quantitative estimate of drug-likeness (QED) is 0.0725. The number of hydrogen-bond acceptors (Lipinski definition) is 9. The second-order valence-electron chi connectivity index (χ2n) is 15.4. The highest BCUT2D eigenvalue weighted by atomic mass is 16.2. The minimum atomic E-state index is -0.329. The van der Waals surface area contributed by atoms with Crippen molar-refractivity contribution in [1.29, 1.82) is 5.26 Å². The number of primary amides is 5. The predicted molar refractivity (Wildman–Crippen MR) is 229 cm³/mol. The molecule has 57 heavy (non-hydrogen) atoms. The van der Waals surface area contributed by atoms with Gasteiger partial charge in [-0.05, 0) is 83.6 Å². The van der Waals surface area contributed by atoms with E-state index in [2.05, 4.69) is 0 Å². The van der Waals surface area contributed by atoms with Gasteiger partial charge in [0.1, 0.15) is 5.78 Å². The Morgan fingerprint density at radius 3 is 1.11 bits per heavy atom. The second kappa shape index (κ2) is 45.1. The van der Waals surface area contributed by atoms with Crippen molar-refractivity contribution >= 4 is 35.3 Å². The fourth-order valence-electron chi connectivity index (χ4n) is 6.25. The highest BCUT2D eigenvalue weighted by Gasteiger charge is 2.19. The second-order valence-corrected chi connectivity index (χ2v) is 15.4. The maximum Gasteiger partial charge on any atom is 0.220 e. The first-order valence-electron chi connectivity index (χ1n) is 22.0. The SMILES string of the molecule is C1CCCCCC1.N#CCCCCC(N)=O.NC(=O)C1CCCC1.NC(=O)CCCCC(N)=O.NC1CCCC1.NCCCCCC(N)=O.O=C1CCCCCC1. The minimum absolute atomic E-state index is 0.109. The lowest BCUT2D eigenvalue weighted by Crippen LogP contribution is -2.19. The molecule has 0 atom stereocenters. The van der Waals surface area contributed by atoms with E-state index in [1.54, 1.807) is 0 Å². The zero-order chi connectivity index (χ0) is 43.4. The van der Waals surface area contributed by atoms with Crippen LogP contribution in [0.4, 0.5) is 0 Å². The van der Waals surface area contributed by atoms with Gasteiger partial charge in [0.2, 0.25) is 29.5 Å². The monoisotopic (exact) mass is 809 g/mol. The van der Waals surface area contributed by atoms with Gasteiger partial charge in [-0.25, -0.2) is 0 Å².